The van der Waals surface area contributed by atoms with Gasteiger partial charge in [-0.05, 0) is 6.92 Å². The van der Waals surface area contributed by atoms with Crippen molar-refractivity contribution in [2.45, 2.75) is 19.4 Å². The number of hydrogen-bond donors (Lipinski definition) is 1. The zero-order chi connectivity index (χ0) is 13.7. The lowest BCUT2D eigenvalue weighted by molar-refractivity contribution is 0.355. The first-order valence-electron chi connectivity index (χ1n) is 5.66. The molecule has 0 fully saturated rings. The van der Waals surface area contributed by atoms with Crippen LogP contribution in [0.2, 0.25) is 0 Å². The summed E-state index contributed by atoms with van der Waals surface area (Å²) in [5.74, 6) is 1.22. The summed E-state index contributed by atoms with van der Waals surface area (Å²) in [6, 6.07) is 5.78. The molecule has 0 saturated heterocycles. The van der Waals surface area contributed by atoms with Crippen LogP contribution in [0.15, 0.2) is 12.1 Å². The van der Waals surface area contributed by atoms with E-state index >= 15 is 0 Å². The minimum Gasteiger partial charge on any atom is -0.493 e. The van der Waals surface area contributed by atoms with Gasteiger partial charge in [0.1, 0.15) is 0 Å². The predicted octanol–water partition coefficient (Wildman–Crippen LogP) is 2.02. The molecule has 1 atom stereocenters. The van der Waals surface area contributed by atoms with Crippen LogP contribution >= 0.6 is 0 Å². The molecular formula is C13H19N3O2. The molecule has 1 aromatic rings. The zero-order valence-electron chi connectivity index (χ0n) is 11.2. The fourth-order valence-electron chi connectivity index (χ4n) is 1.70. The van der Waals surface area contributed by atoms with Crippen LogP contribution in [0.5, 0.6) is 11.5 Å². The standard InChI is InChI=1S/C13H19N3O2/c1-9(5-6-14)16(2)11-8-13(18-4)12(17-3)7-10(11)15/h7-9H,5,15H2,1-4H3. The van der Waals surface area contributed by atoms with Crippen molar-refractivity contribution in [1.82, 2.24) is 0 Å². The van der Waals surface area contributed by atoms with Crippen molar-refractivity contribution in [3.05, 3.63) is 12.1 Å². The molecule has 0 radical (unpaired) electrons. The lowest BCUT2D eigenvalue weighted by Crippen LogP contribution is -2.29. The van der Waals surface area contributed by atoms with Crippen LogP contribution in [0.1, 0.15) is 13.3 Å². The molecule has 2 N–H and O–H groups in total. The molecule has 5 heteroatoms. The highest BCUT2D eigenvalue weighted by molar-refractivity contribution is 5.73. The summed E-state index contributed by atoms with van der Waals surface area (Å²) in [6.07, 6.45) is 0.435. The molecule has 0 aliphatic carbocycles. The van der Waals surface area contributed by atoms with Crippen molar-refractivity contribution in [2.75, 3.05) is 31.9 Å². The van der Waals surface area contributed by atoms with E-state index in [0.29, 0.717) is 23.6 Å². The monoisotopic (exact) mass is 249 g/mol. The second-order valence-corrected chi connectivity index (χ2v) is 4.09. The maximum atomic E-state index is 8.73. The van der Waals surface area contributed by atoms with Gasteiger partial charge in [-0.1, -0.05) is 0 Å². The first-order chi connectivity index (χ1) is 8.54. The fraction of sp³-hybridized carbons (Fsp3) is 0.462. The summed E-state index contributed by atoms with van der Waals surface area (Å²) in [5.41, 5.74) is 7.42. The van der Waals surface area contributed by atoms with Crippen molar-refractivity contribution < 1.29 is 9.47 Å². The average molecular weight is 249 g/mol. The molecule has 1 rings (SSSR count). The van der Waals surface area contributed by atoms with Gasteiger partial charge >= 0.3 is 0 Å². The molecule has 18 heavy (non-hydrogen) atoms. The fourth-order valence-corrected chi connectivity index (χ4v) is 1.70. The van der Waals surface area contributed by atoms with E-state index in [4.69, 9.17) is 20.5 Å². The van der Waals surface area contributed by atoms with Crippen LogP contribution in [0.3, 0.4) is 0 Å². The summed E-state index contributed by atoms with van der Waals surface area (Å²) in [4.78, 5) is 1.96. The molecule has 98 valence electrons. The number of nitrogens with zero attached hydrogens (tertiary/aromatic N) is 2. The molecule has 0 bridgehead atoms. The molecule has 1 aromatic carbocycles. The Balaban J connectivity index is 3.13. The molecule has 0 aliphatic heterocycles. The molecule has 1 unspecified atom stereocenters. The van der Waals surface area contributed by atoms with Crippen LogP contribution in [0, 0.1) is 11.3 Å². The number of ether oxygens (including phenoxy) is 2. The SMILES string of the molecule is COc1cc(N)c(N(C)C(C)CC#N)cc1OC. The van der Waals surface area contributed by atoms with Gasteiger partial charge in [0.25, 0.3) is 0 Å². The maximum absolute atomic E-state index is 8.73. The van der Waals surface area contributed by atoms with Crippen LogP contribution in [0.4, 0.5) is 11.4 Å². The number of anilines is 2. The van der Waals surface area contributed by atoms with Crippen LogP contribution in [0.25, 0.3) is 0 Å². The van der Waals surface area contributed by atoms with Gasteiger partial charge in [0, 0.05) is 25.2 Å². The van der Waals surface area contributed by atoms with Gasteiger partial charge < -0.3 is 20.1 Å². The molecule has 5 nitrogen and oxygen atoms in total. The van der Waals surface area contributed by atoms with E-state index in [2.05, 4.69) is 6.07 Å². The molecule has 0 spiro atoms. The Bertz CT molecular complexity index is 454. The van der Waals surface area contributed by atoms with E-state index in [1.807, 2.05) is 24.9 Å². The highest BCUT2D eigenvalue weighted by atomic mass is 16.5. The number of methoxy groups -OCH3 is 2. The first kappa shape index (κ1) is 14.0. The highest BCUT2D eigenvalue weighted by Gasteiger charge is 2.16. The molecule has 0 amide bonds. The summed E-state index contributed by atoms with van der Waals surface area (Å²) in [5, 5.41) is 8.73. The van der Waals surface area contributed by atoms with Gasteiger partial charge in [-0.2, -0.15) is 5.26 Å². The number of nitriles is 1. The Morgan fingerprint density at radius 3 is 2.39 bits per heavy atom. The lowest BCUT2D eigenvalue weighted by Gasteiger charge is -2.27. The van der Waals surface area contributed by atoms with Gasteiger partial charge in [0.05, 0.1) is 38.1 Å². The average Bonchev–Trinajstić information content (AvgIpc) is 2.37. The largest absolute Gasteiger partial charge is 0.493 e. The van der Waals surface area contributed by atoms with Crippen molar-refractivity contribution in [2.24, 2.45) is 0 Å². The smallest absolute Gasteiger partial charge is 0.162 e. The third-order valence-electron chi connectivity index (χ3n) is 2.96. The van der Waals surface area contributed by atoms with E-state index in [1.54, 1.807) is 20.3 Å². The number of rotatable bonds is 5. The van der Waals surface area contributed by atoms with Crippen molar-refractivity contribution >= 4 is 11.4 Å². The normalized spacial score (nSPS) is 11.5. The third-order valence-corrected chi connectivity index (χ3v) is 2.96. The minimum atomic E-state index is 0.0791. The number of hydrogen-bond acceptors (Lipinski definition) is 5. The predicted molar refractivity (Wildman–Crippen MR) is 72.1 cm³/mol. The second-order valence-electron chi connectivity index (χ2n) is 4.09. The molecule has 0 heterocycles. The lowest BCUT2D eigenvalue weighted by atomic mass is 10.1. The molecule has 0 aliphatic rings. The number of benzene rings is 1. The molecule has 0 aromatic heterocycles. The summed E-state index contributed by atoms with van der Waals surface area (Å²) in [7, 11) is 5.05. The third kappa shape index (κ3) is 2.77. The summed E-state index contributed by atoms with van der Waals surface area (Å²) < 4.78 is 10.4. The van der Waals surface area contributed by atoms with Crippen LogP contribution < -0.4 is 20.1 Å². The number of nitrogens with two attached hydrogens (primary N) is 1. The quantitative estimate of drug-likeness (QED) is 0.808. The van der Waals surface area contributed by atoms with E-state index in [0.717, 1.165) is 5.69 Å². The number of nitrogen functional groups attached to an aromatic ring is 1. The second kappa shape index (κ2) is 6.01. The zero-order valence-corrected chi connectivity index (χ0v) is 11.2. The van der Waals surface area contributed by atoms with Crippen LogP contribution in [-0.4, -0.2) is 27.3 Å². The Morgan fingerprint density at radius 1 is 1.33 bits per heavy atom. The summed E-state index contributed by atoms with van der Waals surface area (Å²) >= 11 is 0. The maximum Gasteiger partial charge on any atom is 0.162 e. The van der Waals surface area contributed by atoms with Crippen molar-refractivity contribution in [3.8, 4) is 17.6 Å². The van der Waals surface area contributed by atoms with Crippen LogP contribution in [-0.2, 0) is 0 Å². The molecular weight excluding hydrogens is 230 g/mol. The first-order valence-corrected chi connectivity index (χ1v) is 5.66. The van der Waals surface area contributed by atoms with Gasteiger partial charge in [0.15, 0.2) is 11.5 Å². The van der Waals surface area contributed by atoms with Gasteiger partial charge in [-0.25, -0.2) is 0 Å². The Hall–Kier alpha value is -2.09. The Labute approximate surface area is 108 Å². The van der Waals surface area contributed by atoms with Gasteiger partial charge in [-0.15, -0.1) is 0 Å². The van der Waals surface area contributed by atoms with Gasteiger partial charge in [0.2, 0.25) is 0 Å². The van der Waals surface area contributed by atoms with Crippen molar-refractivity contribution in [3.63, 3.8) is 0 Å². The summed E-state index contributed by atoms with van der Waals surface area (Å²) in [6.45, 7) is 1.97. The van der Waals surface area contributed by atoms with E-state index in [9.17, 15) is 0 Å². The Morgan fingerprint density at radius 2 is 1.89 bits per heavy atom. The topological polar surface area (TPSA) is 71.5 Å². The Kier molecular flexibility index (Phi) is 4.67. The van der Waals surface area contributed by atoms with E-state index < -0.39 is 0 Å². The molecule has 0 saturated carbocycles. The van der Waals surface area contributed by atoms with E-state index in [1.165, 1.54) is 0 Å². The minimum absolute atomic E-state index is 0.0791. The van der Waals surface area contributed by atoms with Crippen molar-refractivity contribution in [1.29, 1.82) is 5.26 Å². The van der Waals surface area contributed by atoms with E-state index in [-0.39, 0.29) is 6.04 Å². The highest BCUT2D eigenvalue weighted by Crippen LogP contribution is 2.37. The van der Waals surface area contributed by atoms with Gasteiger partial charge in [-0.3, -0.25) is 0 Å².